The summed E-state index contributed by atoms with van der Waals surface area (Å²) in [7, 11) is 0. The topological polar surface area (TPSA) is 97.7 Å². The highest BCUT2D eigenvalue weighted by Gasteiger charge is 2.25. The first-order valence-electron chi connectivity index (χ1n) is 6.05. The van der Waals surface area contributed by atoms with Gasteiger partial charge in [-0.3, -0.25) is 10.1 Å². The van der Waals surface area contributed by atoms with Crippen LogP contribution in [-0.4, -0.2) is 45.6 Å². The van der Waals surface area contributed by atoms with Crippen LogP contribution in [0, 0.1) is 17.2 Å². The minimum atomic E-state index is -0.0393. The van der Waals surface area contributed by atoms with Gasteiger partial charge < -0.3 is 4.90 Å². The smallest absolute Gasteiger partial charge is 0.231 e. The van der Waals surface area contributed by atoms with Crippen molar-refractivity contribution >= 4 is 11.9 Å². The van der Waals surface area contributed by atoms with E-state index in [0.29, 0.717) is 18.9 Å². The second-order valence-corrected chi connectivity index (χ2v) is 4.37. The van der Waals surface area contributed by atoms with Crippen LogP contribution in [0.1, 0.15) is 19.3 Å². The Labute approximate surface area is 105 Å². The lowest BCUT2D eigenvalue weighted by Gasteiger charge is -2.31. The molecule has 1 aromatic heterocycles. The molecule has 2 rings (SSSR count). The number of anilines is 1. The molecule has 96 valence electrons. The number of amides is 1. The fourth-order valence-electron chi connectivity index (χ4n) is 2.17. The van der Waals surface area contributed by atoms with Crippen LogP contribution in [0.4, 0.5) is 5.95 Å². The monoisotopic (exact) mass is 248 g/mol. The summed E-state index contributed by atoms with van der Waals surface area (Å²) in [5.41, 5.74) is 0. The third kappa shape index (κ3) is 3.28. The molecule has 0 spiro atoms. The second kappa shape index (κ2) is 6.12. The number of nitriles is 1. The quantitative estimate of drug-likeness (QED) is 0.802. The third-order valence-corrected chi connectivity index (χ3v) is 3.07. The molecule has 0 aromatic carbocycles. The van der Waals surface area contributed by atoms with Gasteiger partial charge in [0.2, 0.25) is 11.9 Å². The zero-order valence-corrected chi connectivity index (χ0v) is 10.1. The van der Waals surface area contributed by atoms with Gasteiger partial charge in [0.1, 0.15) is 6.33 Å². The van der Waals surface area contributed by atoms with Gasteiger partial charge in [-0.25, -0.2) is 5.10 Å². The predicted molar refractivity (Wildman–Crippen MR) is 64.4 cm³/mol. The van der Waals surface area contributed by atoms with E-state index >= 15 is 0 Å². The largest absolute Gasteiger partial charge is 0.302 e. The molecule has 0 aliphatic carbocycles. The maximum atomic E-state index is 12.0. The summed E-state index contributed by atoms with van der Waals surface area (Å²) in [4.78, 5) is 18.0. The summed E-state index contributed by atoms with van der Waals surface area (Å²) in [6.07, 6.45) is 3.73. The number of nitrogens with zero attached hydrogens (tertiary/aromatic N) is 4. The van der Waals surface area contributed by atoms with Crippen LogP contribution in [0.5, 0.6) is 0 Å². The fourth-order valence-corrected chi connectivity index (χ4v) is 2.17. The Bertz CT molecular complexity index is 423. The standard InChI is InChI=1S/C11H16N6O/c12-4-2-6-17-5-1-3-9(7-17)10(18)15-11-13-8-14-16-11/h8-9H,1-3,5-7H2,(H2,13,14,15,16,18). The first-order chi connectivity index (χ1) is 8.79. The van der Waals surface area contributed by atoms with Gasteiger partial charge in [-0.15, -0.1) is 0 Å². The molecule has 1 saturated heterocycles. The van der Waals surface area contributed by atoms with E-state index in [2.05, 4.69) is 31.5 Å². The van der Waals surface area contributed by atoms with E-state index in [1.807, 2.05) is 0 Å². The summed E-state index contributed by atoms with van der Waals surface area (Å²) >= 11 is 0. The van der Waals surface area contributed by atoms with Gasteiger partial charge in [0.05, 0.1) is 12.0 Å². The highest BCUT2D eigenvalue weighted by Crippen LogP contribution is 2.17. The predicted octanol–water partition coefficient (Wildman–Crippen LogP) is 0.369. The minimum absolute atomic E-state index is 0.0339. The molecule has 0 saturated carbocycles. The van der Waals surface area contributed by atoms with E-state index in [1.54, 1.807) is 0 Å². The van der Waals surface area contributed by atoms with Crippen LogP contribution < -0.4 is 5.32 Å². The van der Waals surface area contributed by atoms with Gasteiger partial charge in [-0.1, -0.05) is 0 Å². The Morgan fingerprint density at radius 2 is 2.61 bits per heavy atom. The van der Waals surface area contributed by atoms with E-state index in [0.717, 1.165) is 25.9 Å². The van der Waals surface area contributed by atoms with Crippen LogP contribution in [0.3, 0.4) is 0 Å². The Balaban J connectivity index is 1.84. The lowest BCUT2D eigenvalue weighted by molar-refractivity contribution is -0.121. The summed E-state index contributed by atoms with van der Waals surface area (Å²) < 4.78 is 0. The third-order valence-electron chi connectivity index (χ3n) is 3.07. The van der Waals surface area contributed by atoms with Gasteiger partial charge in [0, 0.05) is 19.5 Å². The molecular formula is C11H16N6O. The average Bonchev–Trinajstić information content (AvgIpc) is 2.89. The van der Waals surface area contributed by atoms with Crippen molar-refractivity contribution in [1.29, 1.82) is 5.26 Å². The molecule has 7 nitrogen and oxygen atoms in total. The lowest BCUT2D eigenvalue weighted by Crippen LogP contribution is -2.41. The number of nitrogens with one attached hydrogen (secondary N) is 2. The van der Waals surface area contributed by atoms with E-state index in [9.17, 15) is 4.79 Å². The minimum Gasteiger partial charge on any atom is -0.302 e. The zero-order chi connectivity index (χ0) is 12.8. The first kappa shape index (κ1) is 12.5. The van der Waals surface area contributed by atoms with Gasteiger partial charge in [0.15, 0.2) is 0 Å². The maximum Gasteiger partial charge on any atom is 0.231 e. The molecule has 1 amide bonds. The number of aromatic nitrogens is 3. The number of carbonyl (C=O) groups excluding carboxylic acids is 1. The van der Waals surface area contributed by atoms with Crippen molar-refractivity contribution in [2.45, 2.75) is 19.3 Å². The summed E-state index contributed by atoms with van der Waals surface area (Å²) in [6.45, 7) is 2.41. The van der Waals surface area contributed by atoms with Crippen LogP contribution >= 0.6 is 0 Å². The van der Waals surface area contributed by atoms with Crippen molar-refractivity contribution in [3.8, 4) is 6.07 Å². The summed E-state index contributed by atoms with van der Waals surface area (Å²) in [5, 5.41) is 17.6. The Morgan fingerprint density at radius 1 is 1.72 bits per heavy atom. The molecule has 7 heteroatoms. The number of H-pyrrole nitrogens is 1. The van der Waals surface area contributed by atoms with Crippen molar-refractivity contribution in [2.75, 3.05) is 25.0 Å². The number of aromatic amines is 1. The number of hydrogen-bond acceptors (Lipinski definition) is 5. The Morgan fingerprint density at radius 3 is 3.33 bits per heavy atom. The molecule has 2 N–H and O–H groups in total. The molecule has 2 heterocycles. The lowest BCUT2D eigenvalue weighted by atomic mass is 9.97. The highest BCUT2D eigenvalue weighted by molar-refractivity contribution is 5.91. The van der Waals surface area contributed by atoms with Crippen LogP contribution in [0.25, 0.3) is 0 Å². The van der Waals surface area contributed by atoms with E-state index in [4.69, 9.17) is 5.26 Å². The number of piperidine rings is 1. The van der Waals surface area contributed by atoms with E-state index < -0.39 is 0 Å². The number of likely N-dealkylation sites (tertiary alicyclic amines) is 1. The fraction of sp³-hybridized carbons (Fsp3) is 0.636. The van der Waals surface area contributed by atoms with Crippen molar-refractivity contribution in [2.24, 2.45) is 5.92 Å². The first-order valence-corrected chi connectivity index (χ1v) is 6.05. The Hall–Kier alpha value is -1.94. The molecule has 1 aliphatic heterocycles. The van der Waals surface area contributed by atoms with Crippen LogP contribution in [0.2, 0.25) is 0 Å². The molecule has 0 bridgehead atoms. The van der Waals surface area contributed by atoms with E-state index in [1.165, 1.54) is 6.33 Å². The molecular weight excluding hydrogens is 232 g/mol. The second-order valence-electron chi connectivity index (χ2n) is 4.37. The number of hydrogen-bond donors (Lipinski definition) is 2. The highest BCUT2D eigenvalue weighted by atomic mass is 16.2. The summed E-state index contributed by atoms with van der Waals surface area (Å²) in [5.74, 6) is 0.310. The zero-order valence-electron chi connectivity index (χ0n) is 10.1. The van der Waals surface area contributed by atoms with Gasteiger partial charge in [-0.05, 0) is 19.4 Å². The van der Waals surface area contributed by atoms with Crippen molar-refractivity contribution < 1.29 is 4.79 Å². The van der Waals surface area contributed by atoms with E-state index in [-0.39, 0.29) is 11.8 Å². The van der Waals surface area contributed by atoms with Gasteiger partial charge >= 0.3 is 0 Å². The molecule has 1 aromatic rings. The summed E-state index contributed by atoms with van der Waals surface area (Å²) in [6, 6.07) is 2.13. The normalized spacial score (nSPS) is 20.3. The van der Waals surface area contributed by atoms with Gasteiger partial charge in [0.25, 0.3) is 0 Å². The molecule has 1 atom stereocenters. The van der Waals surface area contributed by atoms with Crippen molar-refractivity contribution in [3.63, 3.8) is 0 Å². The molecule has 18 heavy (non-hydrogen) atoms. The number of carbonyl (C=O) groups is 1. The molecule has 1 aliphatic rings. The SMILES string of the molecule is N#CCCN1CCCC(C(=O)Nc2ncn[nH]2)C1. The maximum absolute atomic E-state index is 12.0. The molecule has 1 unspecified atom stereocenters. The van der Waals surface area contributed by atoms with Crippen LogP contribution in [-0.2, 0) is 4.79 Å². The number of rotatable bonds is 4. The van der Waals surface area contributed by atoms with Crippen molar-refractivity contribution in [3.05, 3.63) is 6.33 Å². The Kier molecular flexibility index (Phi) is 4.25. The van der Waals surface area contributed by atoms with Gasteiger partial charge in [-0.2, -0.15) is 15.3 Å². The average molecular weight is 248 g/mol. The van der Waals surface area contributed by atoms with Crippen molar-refractivity contribution in [1.82, 2.24) is 20.1 Å². The molecule has 1 fully saturated rings. The molecule has 0 radical (unpaired) electrons. The van der Waals surface area contributed by atoms with Crippen LogP contribution in [0.15, 0.2) is 6.33 Å².